The van der Waals surface area contributed by atoms with Gasteiger partial charge in [-0.25, -0.2) is 13.1 Å². The highest BCUT2D eigenvalue weighted by atomic mass is 32.2. The van der Waals surface area contributed by atoms with E-state index in [9.17, 15) is 8.42 Å². The monoisotopic (exact) mass is 244 g/mol. The van der Waals surface area contributed by atoms with Crippen LogP contribution in [0.4, 0.5) is 0 Å². The van der Waals surface area contributed by atoms with Gasteiger partial charge in [-0.15, -0.1) is 0 Å². The molecule has 3 N–H and O–H groups in total. The minimum atomic E-state index is -3.51. The lowest BCUT2D eigenvalue weighted by atomic mass is 10.1. The summed E-state index contributed by atoms with van der Waals surface area (Å²) in [6.45, 7) is 2.62. The molecule has 5 nitrogen and oxygen atoms in total. The third-order valence-corrected chi connectivity index (χ3v) is 4.28. The van der Waals surface area contributed by atoms with Crippen LogP contribution in [0.5, 0.6) is 0 Å². The SMILES string of the molecule is Cc1ccc(S(=O)(=O)NCC2(CN)CC2)o1. The van der Waals surface area contributed by atoms with E-state index in [-0.39, 0.29) is 10.5 Å². The average Bonchev–Trinajstić information content (AvgIpc) is 2.91. The number of nitrogens with one attached hydrogen (secondary N) is 1. The Bertz CT molecular complexity index is 474. The standard InChI is InChI=1S/C10H16N2O3S/c1-8-2-3-9(15-8)16(13,14)12-7-10(6-11)4-5-10/h2-3,12H,4-7,11H2,1H3. The van der Waals surface area contributed by atoms with Crippen molar-refractivity contribution in [2.75, 3.05) is 13.1 Å². The Labute approximate surface area is 95.1 Å². The molecule has 16 heavy (non-hydrogen) atoms. The summed E-state index contributed by atoms with van der Waals surface area (Å²) in [5, 5.41) is -0.0298. The van der Waals surface area contributed by atoms with Crippen LogP contribution in [0.25, 0.3) is 0 Å². The fourth-order valence-electron chi connectivity index (χ4n) is 1.51. The molecular formula is C10H16N2O3S. The highest BCUT2D eigenvalue weighted by molar-refractivity contribution is 7.89. The summed E-state index contributed by atoms with van der Waals surface area (Å²) in [6.07, 6.45) is 1.98. The third-order valence-electron chi connectivity index (χ3n) is 3.01. The van der Waals surface area contributed by atoms with Crippen LogP contribution in [-0.2, 0) is 10.0 Å². The number of rotatable bonds is 5. The van der Waals surface area contributed by atoms with Crippen molar-refractivity contribution in [3.05, 3.63) is 17.9 Å². The molecule has 0 spiro atoms. The van der Waals surface area contributed by atoms with Crippen molar-refractivity contribution in [3.8, 4) is 0 Å². The Morgan fingerprint density at radius 3 is 2.62 bits per heavy atom. The number of aryl methyl sites for hydroxylation is 1. The molecular weight excluding hydrogens is 228 g/mol. The fraction of sp³-hybridized carbons (Fsp3) is 0.600. The van der Waals surface area contributed by atoms with Crippen molar-refractivity contribution in [2.45, 2.75) is 24.9 Å². The van der Waals surface area contributed by atoms with Crippen LogP contribution >= 0.6 is 0 Å². The molecule has 0 amide bonds. The summed E-state index contributed by atoms with van der Waals surface area (Å²) >= 11 is 0. The van der Waals surface area contributed by atoms with Gasteiger partial charge in [-0.2, -0.15) is 0 Å². The van der Waals surface area contributed by atoms with Gasteiger partial charge in [-0.05, 0) is 43.9 Å². The Morgan fingerprint density at radius 2 is 2.19 bits per heavy atom. The van der Waals surface area contributed by atoms with Crippen molar-refractivity contribution in [3.63, 3.8) is 0 Å². The normalized spacial score (nSPS) is 18.6. The average molecular weight is 244 g/mol. The topological polar surface area (TPSA) is 85.3 Å². The van der Waals surface area contributed by atoms with Crippen LogP contribution in [0.1, 0.15) is 18.6 Å². The van der Waals surface area contributed by atoms with Crippen LogP contribution in [0.2, 0.25) is 0 Å². The maximum absolute atomic E-state index is 11.8. The largest absolute Gasteiger partial charge is 0.449 e. The van der Waals surface area contributed by atoms with E-state index < -0.39 is 10.0 Å². The van der Waals surface area contributed by atoms with Gasteiger partial charge in [-0.1, -0.05) is 0 Å². The van der Waals surface area contributed by atoms with Crippen LogP contribution in [0.3, 0.4) is 0 Å². The molecule has 0 aliphatic heterocycles. The molecule has 1 saturated carbocycles. The Kier molecular flexibility index (Phi) is 2.81. The summed E-state index contributed by atoms with van der Waals surface area (Å²) < 4.78 is 31.2. The molecule has 0 aromatic carbocycles. The minimum Gasteiger partial charge on any atom is -0.449 e. The number of nitrogens with two attached hydrogens (primary N) is 1. The van der Waals surface area contributed by atoms with E-state index >= 15 is 0 Å². The van der Waals surface area contributed by atoms with Gasteiger partial charge in [0.1, 0.15) is 5.76 Å². The quantitative estimate of drug-likeness (QED) is 0.794. The van der Waals surface area contributed by atoms with E-state index in [1.807, 2.05) is 0 Å². The molecule has 1 aromatic rings. The van der Waals surface area contributed by atoms with E-state index in [2.05, 4.69) is 4.72 Å². The van der Waals surface area contributed by atoms with Gasteiger partial charge in [-0.3, -0.25) is 0 Å². The second-order valence-electron chi connectivity index (χ2n) is 4.39. The molecule has 1 aromatic heterocycles. The molecule has 0 unspecified atom stereocenters. The van der Waals surface area contributed by atoms with Gasteiger partial charge in [0.2, 0.25) is 5.09 Å². The number of hydrogen-bond acceptors (Lipinski definition) is 4. The lowest BCUT2D eigenvalue weighted by Crippen LogP contribution is -2.33. The van der Waals surface area contributed by atoms with E-state index in [4.69, 9.17) is 10.2 Å². The van der Waals surface area contributed by atoms with E-state index in [1.54, 1.807) is 13.0 Å². The van der Waals surface area contributed by atoms with E-state index in [0.29, 0.717) is 18.8 Å². The Morgan fingerprint density at radius 1 is 1.50 bits per heavy atom. The van der Waals surface area contributed by atoms with Gasteiger partial charge in [0, 0.05) is 6.54 Å². The fourth-order valence-corrected chi connectivity index (χ4v) is 2.63. The molecule has 90 valence electrons. The Balaban J connectivity index is 2.04. The zero-order valence-electron chi connectivity index (χ0n) is 9.19. The lowest BCUT2D eigenvalue weighted by Gasteiger charge is -2.12. The summed E-state index contributed by atoms with van der Waals surface area (Å²) in [5.74, 6) is 0.584. The molecule has 0 bridgehead atoms. The van der Waals surface area contributed by atoms with Crippen LogP contribution in [0, 0.1) is 12.3 Å². The zero-order chi connectivity index (χ0) is 11.8. The first kappa shape index (κ1) is 11.6. The molecule has 0 radical (unpaired) electrons. The Hall–Kier alpha value is -0.850. The van der Waals surface area contributed by atoms with Gasteiger partial charge >= 0.3 is 0 Å². The molecule has 6 heteroatoms. The van der Waals surface area contributed by atoms with Gasteiger partial charge in [0.15, 0.2) is 0 Å². The second-order valence-corrected chi connectivity index (χ2v) is 6.09. The van der Waals surface area contributed by atoms with Crippen LogP contribution in [0.15, 0.2) is 21.6 Å². The first-order valence-electron chi connectivity index (χ1n) is 5.24. The molecule has 1 aliphatic rings. The molecule has 1 aliphatic carbocycles. The molecule has 1 fully saturated rings. The summed E-state index contributed by atoms with van der Waals surface area (Å²) in [7, 11) is -3.51. The third kappa shape index (κ3) is 2.28. The number of hydrogen-bond donors (Lipinski definition) is 2. The van der Waals surface area contributed by atoms with Gasteiger partial charge < -0.3 is 10.2 Å². The van der Waals surface area contributed by atoms with Crippen molar-refractivity contribution < 1.29 is 12.8 Å². The van der Waals surface area contributed by atoms with Crippen LogP contribution in [-0.4, -0.2) is 21.5 Å². The first-order chi connectivity index (χ1) is 7.47. The van der Waals surface area contributed by atoms with Crippen molar-refractivity contribution >= 4 is 10.0 Å². The van der Waals surface area contributed by atoms with Crippen molar-refractivity contribution in [1.29, 1.82) is 0 Å². The number of furan rings is 1. The molecule has 0 saturated heterocycles. The van der Waals surface area contributed by atoms with Crippen molar-refractivity contribution in [2.24, 2.45) is 11.1 Å². The minimum absolute atomic E-state index is 0.0191. The smallest absolute Gasteiger partial charge is 0.273 e. The maximum atomic E-state index is 11.8. The highest BCUT2D eigenvalue weighted by Gasteiger charge is 2.42. The lowest BCUT2D eigenvalue weighted by molar-refractivity contribution is 0.420. The second kappa shape index (κ2) is 3.87. The molecule has 2 rings (SSSR count). The predicted octanol–water partition coefficient (Wildman–Crippen LogP) is 0.605. The predicted molar refractivity (Wildman–Crippen MR) is 59.4 cm³/mol. The van der Waals surface area contributed by atoms with Gasteiger partial charge in [0.05, 0.1) is 0 Å². The summed E-state index contributed by atoms with van der Waals surface area (Å²) in [5.41, 5.74) is 5.56. The summed E-state index contributed by atoms with van der Waals surface area (Å²) in [4.78, 5) is 0. The van der Waals surface area contributed by atoms with E-state index in [0.717, 1.165) is 12.8 Å². The number of sulfonamides is 1. The van der Waals surface area contributed by atoms with Crippen LogP contribution < -0.4 is 10.5 Å². The zero-order valence-corrected chi connectivity index (χ0v) is 10.0. The first-order valence-corrected chi connectivity index (χ1v) is 6.72. The van der Waals surface area contributed by atoms with E-state index in [1.165, 1.54) is 6.07 Å². The molecule has 1 heterocycles. The van der Waals surface area contributed by atoms with Gasteiger partial charge in [0.25, 0.3) is 10.0 Å². The maximum Gasteiger partial charge on any atom is 0.273 e. The summed E-state index contributed by atoms with van der Waals surface area (Å²) in [6, 6.07) is 3.09. The molecule has 0 atom stereocenters. The van der Waals surface area contributed by atoms with Crippen molar-refractivity contribution in [1.82, 2.24) is 4.72 Å². The highest BCUT2D eigenvalue weighted by Crippen LogP contribution is 2.43.